The Bertz CT molecular complexity index is 362. The average Bonchev–Trinajstić information content (AvgIpc) is 2.06. The Morgan fingerprint density at radius 1 is 1.20 bits per heavy atom. The van der Waals surface area contributed by atoms with Crippen LogP contribution in [-0.4, -0.2) is 5.11 Å². The minimum atomic E-state index is -0.0847. The molecular weight excluding hydrogens is 208 g/mol. The molecular formula is C13H19ClO. The first-order valence-corrected chi connectivity index (χ1v) is 5.64. The molecule has 0 aliphatic carbocycles. The summed E-state index contributed by atoms with van der Waals surface area (Å²) in [6, 6.07) is 3.69. The maximum absolute atomic E-state index is 10.2. The second-order valence-corrected chi connectivity index (χ2v) is 5.73. The van der Waals surface area contributed by atoms with Crippen LogP contribution < -0.4 is 0 Å². The minimum Gasteiger partial charge on any atom is -0.507 e. The largest absolute Gasteiger partial charge is 0.507 e. The van der Waals surface area contributed by atoms with E-state index in [0.717, 1.165) is 11.1 Å². The highest BCUT2D eigenvalue weighted by atomic mass is 35.5. The number of benzene rings is 1. The van der Waals surface area contributed by atoms with Crippen molar-refractivity contribution in [2.45, 2.75) is 46.0 Å². The van der Waals surface area contributed by atoms with Crippen LogP contribution in [0.1, 0.15) is 51.7 Å². The molecule has 0 aliphatic heterocycles. The van der Waals surface area contributed by atoms with Gasteiger partial charge in [-0.25, -0.2) is 0 Å². The van der Waals surface area contributed by atoms with Crippen molar-refractivity contribution in [1.29, 1.82) is 0 Å². The third kappa shape index (κ3) is 2.66. The third-order valence-electron chi connectivity index (χ3n) is 2.53. The van der Waals surface area contributed by atoms with Crippen molar-refractivity contribution >= 4 is 11.6 Å². The van der Waals surface area contributed by atoms with Gasteiger partial charge in [-0.3, -0.25) is 0 Å². The second-order valence-electron chi connectivity index (χ2n) is 5.30. The molecule has 15 heavy (non-hydrogen) atoms. The van der Waals surface area contributed by atoms with Crippen LogP contribution in [0.4, 0.5) is 0 Å². The molecule has 1 aromatic carbocycles. The summed E-state index contributed by atoms with van der Waals surface area (Å²) in [5.74, 6) is 0.673. The summed E-state index contributed by atoms with van der Waals surface area (Å²) in [6.07, 6.45) is 0. The van der Waals surface area contributed by atoms with Crippen molar-refractivity contribution in [3.05, 3.63) is 28.3 Å². The smallest absolute Gasteiger partial charge is 0.122 e. The molecule has 0 spiro atoms. The summed E-state index contributed by atoms with van der Waals surface area (Å²) < 4.78 is 0. The van der Waals surface area contributed by atoms with Crippen LogP contribution in [0, 0.1) is 0 Å². The van der Waals surface area contributed by atoms with E-state index in [1.54, 1.807) is 0 Å². The topological polar surface area (TPSA) is 20.2 Å². The van der Waals surface area contributed by atoms with E-state index in [0.29, 0.717) is 10.8 Å². The third-order valence-corrected chi connectivity index (χ3v) is 2.75. The number of hydrogen-bond donors (Lipinski definition) is 1. The summed E-state index contributed by atoms with van der Waals surface area (Å²) in [4.78, 5) is 0. The lowest BCUT2D eigenvalue weighted by atomic mass is 9.84. The molecule has 84 valence electrons. The summed E-state index contributed by atoms with van der Waals surface area (Å²) in [5, 5.41) is 10.9. The highest BCUT2D eigenvalue weighted by Crippen LogP contribution is 2.38. The molecule has 2 heteroatoms. The van der Waals surface area contributed by atoms with Gasteiger partial charge in [-0.1, -0.05) is 46.2 Å². The van der Waals surface area contributed by atoms with Gasteiger partial charge in [0.25, 0.3) is 0 Å². The fraction of sp³-hybridized carbons (Fsp3) is 0.538. The Kier molecular flexibility index (Phi) is 3.34. The zero-order valence-electron chi connectivity index (χ0n) is 10.1. The molecule has 1 rings (SSSR count). The van der Waals surface area contributed by atoms with Gasteiger partial charge in [0.1, 0.15) is 5.75 Å². The number of halogens is 1. The van der Waals surface area contributed by atoms with Gasteiger partial charge >= 0.3 is 0 Å². The van der Waals surface area contributed by atoms with Crippen LogP contribution in [0.15, 0.2) is 12.1 Å². The minimum absolute atomic E-state index is 0.0847. The first kappa shape index (κ1) is 12.4. The molecule has 0 saturated carbocycles. The van der Waals surface area contributed by atoms with Gasteiger partial charge in [-0.2, -0.15) is 0 Å². The van der Waals surface area contributed by atoms with E-state index in [-0.39, 0.29) is 11.3 Å². The molecule has 0 radical (unpaired) electrons. The SMILES string of the molecule is CC(C)c1cc(Cl)cc(C(C)(C)C)c1O. The van der Waals surface area contributed by atoms with E-state index in [1.807, 2.05) is 12.1 Å². The Balaban J connectivity index is 3.42. The van der Waals surface area contributed by atoms with Crippen molar-refractivity contribution in [2.75, 3.05) is 0 Å². The van der Waals surface area contributed by atoms with Crippen molar-refractivity contribution in [2.24, 2.45) is 0 Å². The molecule has 1 N–H and O–H groups in total. The zero-order chi connectivity index (χ0) is 11.8. The van der Waals surface area contributed by atoms with Gasteiger partial charge in [0.05, 0.1) is 0 Å². The van der Waals surface area contributed by atoms with E-state index in [9.17, 15) is 5.11 Å². The number of phenolic OH excluding ortho intramolecular Hbond substituents is 1. The average molecular weight is 227 g/mol. The molecule has 0 fully saturated rings. The number of hydrogen-bond acceptors (Lipinski definition) is 1. The van der Waals surface area contributed by atoms with Gasteiger partial charge in [0, 0.05) is 10.6 Å². The Labute approximate surface area is 97.1 Å². The van der Waals surface area contributed by atoms with E-state index >= 15 is 0 Å². The first-order chi connectivity index (χ1) is 6.73. The molecule has 1 nitrogen and oxygen atoms in total. The summed E-state index contributed by atoms with van der Waals surface area (Å²) in [7, 11) is 0. The predicted molar refractivity (Wildman–Crippen MR) is 65.9 cm³/mol. The first-order valence-electron chi connectivity index (χ1n) is 5.26. The summed E-state index contributed by atoms with van der Waals surface area (Å²) in [6.45, 7) is 10.3. The fourth-order valence-corrected chi connectivity index (χ4v) is 1.86. The van der Waals surface area contributed by atoms with Crippen LogP contribution in [0.5, 0.6) is 5.75 Å². The second kappa shape index (κ2) is 4.05. The lowest BCUT2D eigenvalue weighted by molar-refractivity contribution is 0.437. The van der Waals surface area contributed by atoms with Gasteiger partial charge in [-0.05, 0) is 29.0 Å². The molecule has 0 bridgehead atoms. The monoisotopic (exact) mass is 226 g/mol. The predicted octanol–water partition coefficient (Wildman–Crippen LogP) is 4.47. The molecule has 0 heterocycles. The van der Waals surface area contributed by atoms with Gasteiger partial charge < -0.3 is 5.11 Å². The standard InChI is InChI=1S/C13H19ClO/c1-8(2)10-6-9(14)7-11(12(10)15)13(3,4)5/h6-8,15H,1-5H3. The molecule has 0 unspecified atom stereocenters. The maximum Gasteiger partial charge on any atom is 0.122 e. The highest BCUT2D eigenvalue weighted by molar-refractivity contribution is 6.30. The zero-order valence-corrected chi connectivity index (χ0v) is 10.8. The Hall–Kier alpha value is -0.690. The number of rotatable bonds is 1. The van der Waals surface area contributed by atoms with Crippen LogP contribution in [-0.2, 0) is 5.41 Å². The molecule has 0 aliphatic rings. The van der Waals surface area contributed by atoms with E-state index in [4.69, 9.17) is 11.6 Å². The number of aromatic hydroxyl groups is 1. The Morgan fingerprint density at radius 2 is 1.73 bits per heavy atom. The normalized spacial score (nSPS) is 12.2. The van der Waals surface area contributed by atoms with E-state index < -0.39 is 0 Å². The van der Waals surface area contributed by atoms with Crippen LogP contribution in [0.3, 0.4) is 0 Å². The lowest BCUT2D eigenvalue weighted by Crippen LogP contribution is -2.12. The van der Waals surface area contributed by atoms with E-state index in [1.165, 1.54) is 0 Å². The van der Waals surface area contributed by atoms with Gasteiger partial charge in [0.2, 0.25) is 0 Å². The molecule has 1 aromatic rings. The molecule has 0 saturated heterocycles. The molecule has 0 atom stereocenters. The maximum atomic E-state index is 10.2. The van der Waals surface area contributed by atoms with Crippen molar-refractivity contribution in [3.63, 3.8) is 0 Å². The summed E-state index contributed by atoms with van der Waals surface area (Å²) >= 11 is 6.06. The number of phenols is 1. The highest BCUT2D eigenvalue weighted by Gasteiger charge is 2.21. The van der Waals surface area contributed by atoms with E-state index in [2.05, 4.69) is 34.6 Å². The van der Waals surface area contributed by atoms with Crippen molar-refractivity contribution in [3.8, 4) is 5.75 Å². The lowest BCUT2D eigenvalue weighted by Gasteiger charge is -2.23. The van der Waals surface area contributed by atoms with Crippen molar-refractivity contribution in [1.82, 2.24) is 0 Å². The van der Waals surface area contributed by atoms with Crippen LogP contribution in [0.2, 0.25) is 5.02 Å². The Morgan fingerprint density at radius 3 is 2.13 bits per heavy atom. The summed E-state index contributed by atoms with van der Waals surface area (Å²) in [5.41, 5.74) is 1.75. The molecule has 0 amide bonds. The van der Waals surface area contributed by atoms with Gasteiger partial charge in [-0.15, -0.1) is 0 Å². The van der Waals surface area contributed by atoms with Crippen molar-refractivity contribution < 1.29 is 5.11 Å². The van der Waals surface area contributed by atoms with Crippen LogP contribution in [0.25, 0.3) is 0 Å². The molecule has 0 aromatic heterocycles. The van der Waals surface area contributed by atoms with Crippen LogP contribution >= 0.6 is 11.6 Å². The van der Waals surface area contributed by atoms with Gasteiger partial charge in [0.15, 0.2) is 0 Å². The fourth-order valence-electron chi connectivity index (χ4n) is 1.63. The quantitative estimate of drug-likeness (QED) is 0.749.